The van der Waals surface area contributed by atoms with Crippen molar-refractivity contribution in [2.75, 3.05) is 0 Å². The fraction of sp³-hybridized carbons (Fsp3) is 0.0714. The first-order valence-corrected chi connectivity index (χ1v) is 5.71. The van der Waals surface area contributed by atoms with E-state index in [0.29, 0.717) is 11.4 Å². The molecule has 0 saturated heterocycles. The Hall–Kier alpha value is -2.69. The SMILES string of the molecule is Cc1cc(-c2coc3ccccc23)nc(C(=O)O)n1. The van der Waals surface area contributed by atoms with Crippen molar-refractivity contribution in [1.82, 2.24) is 9.97 Å². The lowest BCUT2D eigenvalue weighted by atomic mass is 10.1. The molecule has 3 rings (SSSR count). The third kappa shape index (κ3) is 1.95. The van der Waals surface area contributed by atoms with E-state index in [1.54, 1.807) is 19.3 Å². The molecule has 2 aromatic heterocycles. The molecule has 0 saturated carbocycles. The predicted octanol–water partition coefficient (Wildman–Crippen LogP) is 2.90. The number of carboxylic acid groups (broad SMARTS) is 1. The van der Waals surface area contributed by atoms with Gasteiger partial charge in [-0.3, -0.25) is 0 Å². The Morgan fingerprint density at radius 3 is 2.84 bits per heavy atom. The highest BCUT2D eigenvalue weighted by molar-refractivity contribution is 5.93. The number of fused-ring (bicyclic) bond motifs is 1. The Labute approximate surface area is 108 Å². The second kappa shape index (κ2) is 4.20. The third-order valence-corrected chi connectivity index (χ3v) is 2.80. The van der Waals surface area contributed by atoms with Crippen LogP contribution in [0.1, 0.15) is 16.3 Å². The molecule has 0 unspecified atom stereocenters. The van der Waals surface area contributed by atoms with Crippen molar-refractivity contribution in [2.24, 2.45) is 0 Å². The summed E-state index contributed by atoms with van der Waals surface area (Å²) in [6, 6.07) is 9.28. The zero-order valence-corrected chi connectivity index (χ0v) is 10.1. The van der Waals surface area contributed by atoms with Crippen molar-refractivity contribution in [3.63, 3.8) is 0 Å². The second-order valence-electron chi connectivity index (χ2n) is 4.17. The lowest BCUT2D eigenvalue weighted by molar-refractivity contribution is 0.0683. The minimum Gasteiger partial charge on any atom is -0.475 e. The molecule has 1 aromatic carbocycles. The molecule has 0 fully saturated rings. The predicted molar refractivity (Wildman–Crippen MR) is 68.9 cm³/mol. The van der Waals surface area contributed by atoms with Gasteiger partial charge >= 0.3 is 5.97 Å². The van der Waals surface area contributed by atoms with Gasteiger partial charge in [-0.05, 0) is 19.1 Å². The molecule has 0 atom stereocenters. The number of nitrogens with zero attached hydrogens (tertiary/aromatic N) is 2. The molecule has 0 aliphatic heterocycles. The van der Waals surface area contributed by atoms with Crippen LogP contribution in [0.15, 0.2) is 41.0 Å². The highest BCUT2D eigenvalue weighted by Gasteiger charge is 2.14. The topological polar surface area (TPSA) is 76.2 Å². The van der Waals surface area contributed by atoms with Crippen molar-refractivity contribution in [2.45, 2.75) is 6.92 Å². The van der Waals surface area contributed by atoms with Crippen LogP contribution in [0.3, 0.4) is 0 Å². The number of aromatic nitrogens is 2. The number of carbonyl (C=O) groups is 1. The van der Waals surface area contributed by atoms with Gasteiger partial charge in [-0.15, -0.1) is 0 Å². The molecule has 1 N–H and O–H groups in total. The average Bonchev–Trinajstić information content (AvgIpc) is 2.81. The van der Waals surface area contributed by atoms with Gasteiger partial charge in [0.15, 0.2) is 0 Å². The van der Waals surface area contributed by atoms with Crippen LogP contribution < -0.4 is 0 Å². The molecule has 0 amide bonds. The molecular formula is C14H10N2O3. The number of hydrogen-bond donors (Lipinski definition) is 1. The van der Waals surface area contributed by atoms with E-state index in [-0.39, 0.29) is 5.82 Å². The number of benzene rings is 1. The van der Waals surface area contributed by atoms with Gasteiger partial charge in [0.25, 0.3) is 0 Å². The van der Waals surface area contributed by atoms with Gasteiger partial charge in [0.2, 0.25) is 5.82 Å². The van der Waals surface area contributed by atoms with Crippen molar-refractivity contribution < 1.29 is 14.3 Å². The standard InChI is InChI=1S/C14H10N2O3/c1-8-6-11(16-13(15-8)14(17)18)10-7-19-12-5-3-2-4-9(10)12/h2-7H,1H3,(H,17,18). The Kier molecular flexibility index (Phi) is 2.52. The number of rotatable bonds is 2. The van der Waals surface area contributed by atoms with Crippen LogP contribution in [0, 0.1) is 6.92 Å². The summed E-state index contributed by atoms with van der Waals surface area (Å²) in [5.74, 6) is -1.35. The van der Waals surface area contributed by atoms with Crippen molar-refractivity contribution in [3.05, 3.63) is 48.1 Å². The highest BCUT2D eigenvalue weighted by atomic mass is 16.4. The Morgan fingerprint density at radius 2 is 2.05 bits per heavy atom. The Bertz CT molecular complexity index is 777. The molecule has 3 aromatic rings. The van der Waals surface area contributed by atoms with E-state index in [1.165, 1.54) is 0 Å². The van der Waals surface area contributed by atoms with Crippen LogP contribution in [0.2, 0.25) is 0 Å². The maximum absolute atomic E-state index is 11.0. The van der Waals surface area contributed by atoms with Gasteiger partial charge in [-0.25, -0.2) is 14.8 Å². The van der Waals surface area contributed by atoms with E-state index < -0.39 is 5.97 Å². The molecule has 0 spiro atoms. The van der Waals surface area contributed by atoms with Crippen LogP contribution in [-0.2, 0) is 0 Å². The number of furan rings is 1. The summed E-state index contributed by atoms with van der Waals surface area (Å²) in [6.07, 6.45) is 1.58. The van der Waals surface area contributed by atoms with E-state index in [9.17, 15) is 4.79 Å². The van der Waals surface area contributed by atoms with Crippen LogP contribution in [0.25, 0.3) is 22.2 Å². The molecule has 0 radical (unpaired) electrons. The fourth-order valence-electron chi connectivity index (χ4n) is 1.98. The zero-order chi connectivity index (χ0) is 13.4. The maximum atomic E-state index is 11.0. The Morgan fingerprint density at radius 1 is 1.26 bits per heavy atom. The summed E-state index contributed by atoms with van der Waals surface area (Å²) in [7, 11) is 0. The third-order valence-electron chi connectivity index (χ3n) is 2.80. The summed E-state index contributed by atoms with van der Waals surface area (Å²) in [5, 5.41) is 9.90. The number of para-hydroxylation sites is 1. The summed E-state index contributed by atoms with van der Waals surface area (Å²) in [5.41, 5.74) is 2.66. The zero-order valence-electron chi connectivity index (χ0n) is 10.1. The smallest absolute Gasteiger partial charge is 0.373 e. The molecule has 5 heteroatoms. The summed E-state index contributed by atoms with van der Waals surface area (Å²) in [6.45, 7) is 1.74. The van der Waals surface area contributed by atoms with Gasteiger partial charge in [-0.1, -0.05) is 18.2 Å². The monoisotopic (exact) mass is 254 g/mol. The van der Waals surface area contributed by atoms with Crippen LogP contribution in [0.5, 0.6) is 0 Å². The first-order valence-electron chi connectivity index (χ1n) is 5.71. The average molecular weight is 254 g/mol. The first-order chi connectivity index (χ1) is 9.15. The quantitative estimate of drug-likeness (QED) is 0.760. The molecule has 19 heavy (non-hydrogen) atoms. The van der Waals surface area contributed by atoms with E-state index in [2.05, 4.69) is 9.97 Å². The van der Waals surface area contributed by atoms with E-state index in [4.69, 9.17) is 9.52 Å². The van der Waals surface area contributed by atoms with Gasteiger partial charge in [-0.2, -0.15) is 0 Å². The van der Waals surface area contributed by atoms with Crippen molar-refractivity contribution in [1.29, 1.82) is 0 Å². The molecule has 2 heterocycles. The number of aryl methyl sites for hydroxylation is 1. The number of hydrogen-bond acceptors (Lipinski definition) is 4. The Balaban J connectivity index is 2.24. The fourth-order valence-corrected chi connectivity index (χ4v) is 1.98. The summed E-state index contributed by atoms with van der Waals surface area (Å²) in [4.78, 5) is 18.9. The van der Waals surface area contributed by atoms with E-state index in [1.807, 2.05) is 24.3 Å². The van der Waals surface area contributed by atoms with E-state index in [0.717, 1.165) is 16.5 Å². The normalized spacial score (nSPS) is 10.8. The van der Waals surface area contributed by atoms with Gasteiger partial charge in [0.1, 0.15) is 11.8 Å². The summed E-state index contributed by atoms with van der Waals surface area (Å²) < 4.78 is 5.44. The lowest BCUT2D eigenvalue weighted by Crippen LogP contribution is -2.06. The van der Waals surface area contributed by atoms with E-state index >= 15 is 0 Å². The second-order valence-corrected chi connectivity index (χ2v) is 4.17. The number of aromatic carboxylic acids is 1. The maximum Gasteiger partial charge on any atom is 0.373 e. The van der Waals surface area contributed by atoms with Crippen molar-refractivity contribution in [3.8, 4) is 11.3 Å². The minimum atomic E-state index is -1.14. The molecule has 0 aliphatic rings. The molecule has 94 valence electrons. The van der Waals surface area contributed by atoms with Crippen LogP contribution in [-0.4, -0.2) is 21.0 Å². The highest BCUT2D eigenvalue weighted by Crippen LogP contribution is 2.29. The van der Waals surface area contributed by atoms with Crippen molar-refractivity contribution >= 4 is 16.9 Å². The van der Waals surface area contributed by atoms with Crippen LogP contribution >= 0.6 is 0 Å². The number of carboxylic acids is 1. The molecular weight excluding hydrogens is 244 g/mol. The largest absolute Gasteiger partial charge is 0.475 e. The molecule has 5 nitrogen and oxygen atoms in total. The lowest BCUT2D eigenvalue weighted by Gasteiger charge is -2.01. The molecule has 0 aliphatic carbocycles. The summed E-state index contributed by atoms with van der Waals surface area (Å²) >= 11 is 0. The molecule has 0 bridgehead atoms. The van der Waals surface area contributed by atoms with Gasteiger partial charge < -0.3 is 9.52 Å². The first kappa shape index (κ1) is 11.4. The van der Waals surface area contributed by atoms with Gasteiger partial charge in [0, 0.05) is 16.6 Å². The van der Waals surface area contributed by atoms with Gasteiger partial charge in [0.05, 0.1) is 5.69 Å². The minimum absolute atomic E-state index is 0.208. The van der Waals surface area contributed by atoms with Crippen LogP contribution in [0.4, 0.5) is 0 Å².